The zero-order valence-corrected chi connectivity index (χ0v) is 13.6. The number of nitrogens with zero attached hydrogens (tertiary/aromatic N) is 2. The molecule has 0 bridgehead atoms. The standard InChI is InChI=1S/C20H21FN2O/c21-19-8-4-3-7-18(19)20(24)23-12-10-17(14-23)22-11-9-15-5-1-2-6-16(15)13-22/h1-8,17H,9-14H2/t17-/m1/s1. The second-order valence-electron chi connectivity index (χ2n) is 6.66. The Bertz CT molecular complexity index is 761. The van der Waals surface area contributed by atoms with Crippen molar-refractivity contribution in [3.05, 3.63) is 71.0 Å². The molecule has 0 saturated carbocycles. The van der Waals surface area contributed by atoms with Gasteiger partial charge in [0.15, 0.2) is 0 Å². The highest BCUT2D eigenvalue weighted by Gasteiger charge is 2.32. The van der Waals surface area contributed by atoms with Gasteiger partial charge in [-0.25, -0.2) is 4.39 Å². The number of fused-ring (bicyclic) bond motifs is 1. The van der Waals surface area contributed by atoms with Crippen molar-refractivity contribution in [2.45, 2.75) is 25.4 Å². The predicted octanol–water partition coefficient (Wildman–Crippen LogP) is 3.10. The zero-order valence-electron chi connectivity index (χ0n) is 13.6. The Hall–Kier alpha value is -2.20. The summed E-state index contributed by atoms with van der Waals surface area (Å²) in [5, 5.41) is 0. The second kappa shape index (κ2) is 6.36. The molecule has 0 unspecified atom stereocenters. The van der Waals surface area contributed by atoms with Crippen molar-refractivity contribution in [1.82, 2.24) is 9.80 Å². The minimum absolute atomic E-state index is 0.183. The third kappa shape index (κ3) is 2.82. The molecule has 0 spiro atoms. The molecule has 4 heteroatoms. The number of carbonyl (C=O) groups excluding carboxylic acids is 1. The van der Waals surface area contributed by atoms with Gasteiger partial charge in [0.2, 0.25) is 0 Å². The minimum Gasteiger partial charge on any atom is -0.337 e. The van der Waals surface area contributed by atoms with Gasteiger partial charge < -0.3 is 4.90 Å². The summed E-state index contributed by atoms with van der Waals surface area (Å²) >= 11 is 0. The van der Waals surface area contributed by atoms with E-state index in [0.717, 1.165) is 25.9 Å². The Labute approximate surface area is 141 Å². The molecular weight excluding hydrogens is 303 g/mol. The van der Waals surface area contributed by atoms with Gasteiger partial charge in [0.25, 0.3) is 5.91 Å². The number of hydrogen-bond donors (Lipinski definition) is 0. The quantitative estimate of drug-likeness (QED) is 0.847. The summed E-state index contributed by atoms with van der Waals surface area (Å²) in [6, 6.07) is 15.2. The van der Waals surface area contributed by atoms with Crippen LogP contribution in [0, 0.1) is 5.82 Å². The first-order chi connectivity index (χ1) is 11.7. The third-order valence-corrected chi connectivity index (χ3v) is 5.23. The molecule has 3 nitrogen and oxygen atoms in total. The molecule has 1 fully saturated rings. The average Bonchev–Trinajstić information content (AvgIpc) is 3.11. The molecule has 124 valence electrons. The van der Waals surface area contributed by atoms with Gasteiger partial charge in [-0.15, -0.1) is 0 Å². The molecule has 24 heavy (non-hydrogen) atoms. The minimum atomic E-state index is -0.433. The van der Waals surface area contributed by atoms with E-state index in [1.165, 1.54) is 17.2 Å². The molecule has 2 aromatic carbocycles. The van der Waals surface area contributed by atoms with E-state index in [-0.39, 0.29) is 11.5 Å². The molecule has 2 heterocycles. The lowest BCUT2D eigenvalue weighted by Gasteiger charge is -2.33. The van der Waals surface area contributed by atoms with Gasteiger partial charge in [0.1, 0.15) is 5.82 Å². The van der Waals surface area contributed by atoms with Crippen LogP contribution < -0.4 is 0 Å². The number of halogens is 1. The Balaban J connectivity index is 1.44. The summed E-state index contributed by atoms with van der Waals surface area (Å²) < 4.78 is 13.9. The molecule has 2 aromatic rings. The van der Waals surface area contributed by atoms with E-state index in [1.54, 1.807) is 23.1 Å². The maximum absolute atomic E-state index is 13.9. The Morgan fingerprint density at radius 1 is 1.00 bits per heavy atom. The summed E-state index contributed by atoms with van der Waals surface area (Å²) in [5.41, 5.74) is 3.01. The van der Waals surface area contributed by atoms with Crippen LogP contribution in [0.25, 0.3) is 0 Å². The highest BCUT2D eigenvalue weighted by Crippen LogP contribution is 2.25. The predicted molar refractivity (Wildman–Crippen MR) is 91.3 cm³/mol. The molecule has 0 aliphatic carbocycles. The first-order valence-corrected chi connectivity index (χ1v) is 8.57. The van der Waals surface area contributed by atoms with E-state index in [2.05, 4.69) is 29.2 Å². The fraction of sp³-hybridized carbons (Fsp3) is 0.350. The highest BCUT2D eigenvalue weighted by molar-refractivity contribution is 5.94. The van der Waals surface area contributed by atoms with Crippen LogP contribution in [-0.4, -0.2) is 41.4 Å². The number of carbonyl (C=O) groups is 1. The van der Waals surface area contributed by atoms with Gasteiger partial charge in [-0.05, 0) is 36.1 Å². The van der Waals surface area contributed by atoms with Crippen molar-refractivity contribution in [1.29, 1.82) is 0 Å². The van der Waals surface area contributed by atoms with Crippen LogP contribution in [0.1, 0.15) is 27.9 Å². The highest BCUT2D eigenvalue weighted by atomic mass is 19.1. The lowest BCUT2D eigenvalue weighted by molar-refractivity contribution is 0.0768. The van der Waals surface area contributed by atoms with Gasteiger partial charge in [-0.1, -0.05) is 36.4 Å². The molecule has 4 rings (SSSR count). The van der Waals surface area contributed by atoms with E-state index in [9.17, 15) is 9.18 Å². The van der Waals surface area contributed by atoms with E-state index in [1.807, 2.05) is 0 Å². The second-order valence-corrected chi connectivity index (χ2v) is 6.66. The van der Waals surface area contributed by atoms with E-state index in [0.29, 0.717) is 19.1 Å². The molecule has 0 N–H and O–H groups in total. The first kappa shape index (κ1) is 15.3. The largest absolute Gasteiger partial charge is 0.337 e. The number of hydrogen-bond acceptors (Lipinski definition) is 2. The van der Waals surface area contributed by atoms with E-state index in [4.69, 9.17) is 0 Å². The molecule has 0 aromatic heterocycles. The molecule has 1 saturated heterocycles. The van der Waals surface area contributed by atoms with Gasteiger partial charge in [0.05, 0.1) is 5.56 Å². The van der Waals surface area contributed by atoms with Crippen molar-refractivity contribution >= 4 is 5.91 Å². The van der Waals surface area contributed by atoms with Crippen LogP contribution in [0.15, 0.2) is 48.5 Å². The van der Waals surface area contributed by atoms with Crippen molar-refractivity contribution in [3.63, 3.8) is 0 Å². The van der Waals surface area contributed by atoms with Crippen LogP contribution in [0.3, 0.4) is 0 Å². The number of likely N-dealkylation sites (tertiary alicyclic amines) is 1. The van der Waals surface area contributed by atoms with Gasteiger partial charge >= 0.3 is 0 Å². The van der Waals surface area contributed by atoms with Crippen LogP contribution in [0.2, 0.25) is 0 Å². The molecule has 2 aliphatic heterocycles. The monoisotopic (exact) mass is 324 g/mol. The maximum atomic E-state index is 13.9. The third-order valence-electron chi connectivity index (χ3n) is 5.23. The smallest absolute Gasteiger partial charge is 0.256 e. The summed E-state index contributed by atoms with van der Waals surface area (Å²) in [6.07, 6.45) is 2.02. The number of rotatable bonds is 2. The van der Waals surface area contributed by atoms with Gasteiger partial charge in [0, 0.05) is 32.2 Å². The van der Waals surface area contributed by atoms with Crippen molar-refractivity contribution < 1.29 is 9.18 Å². The SMILES string of the molecule is O=C(c1ccccc1F)N1CC[C@@H](N2CCc3ccccc3C2)C1. The van der Waals surface area contributed by atoms with E-state index < -0.39 is 5.82 Å². The van der Waals surface area contributed by atoms with Crippen LogP contribution in [0.5, 0.6) is 0 Å². The van der Waals surface area contributed by atoms with E-state index >= 15 is 0 Å². The average molecular weight is 324 g/mol. The number of benzene rings is 2. The Morgan fingerprint density at radius 3 is 2.58 bits per heavy atom. The van der Waals surface area contributed by atoms with Crippen molar-refractivity contribution in [3.8, 4) is 0 Å². The van der Waals surface area contributed by atoms with Gasteiger partial charge in [-0.2, -0.15) is 0 Å². The molecule has 0 radical (unpaired) electrons. The lowest BCUT2D eigenvalue weighted by Crippen LogP contribution is -2.41. The molecule has 1 atom stereocenters. The summed E-state index contributed by atoms with van der Waals surface area (Å²) in [7, 11) is 0. The van der Waals surface area contributed by atoms with Crippen LogP contribution >= 0.6 is 0 Å². The molecular formula is C20H21FN2O. The lowest BCUT2D eigenvalue weighted by atomic mass is 9.98. The first-order valence-electron chi connectivity index (χ1n) is 8.57. The maximum Gasteiger partial charge on any atom is 0.256 e. The fourth-order valence-corrected chi connectivity index (χ4v) is 3.86. The number of amides is 1. The van der Waals surface area contributed by atoms with Crippen LogP contribution in [0.4, 0.5) is 4.39 Å². The topological polar surface area (TPSA) is 23.6 Å². The fourth-order valence-electron chi connectivity index (χ4n) is 3.86. The summed E-state index contributed by atoms with van der Waals surface area (Å²) in [5.74, 6) is -0.620. The zero-order chi connectivity index (χ0) is 16.5. The Morgan fingerprint density at radius 2 is 1.75 bits per heavy atom. The summed E-state index contributed by atoms with van der Waals surface area (Å²) in [4.78, 5) is 16.8. The van der Waals surface area contributed by atoms with Crippen molar-refractivity contribution in [2.24, 2.45) is 0 Å². The summed E-state index contributed by atoms with van der Waals surface area (Å²) in [6.45, 7) is 3.37. The van der Waals surface area contributed by atoms with Crippen LogP contribution in [-0.2, 0) is 13.0 Å². The normalized spacial score (nSPS) is 20.9. The van der Waals surface area contributed by atoms with Gasteiger partial charge in [-0.3, -0.25) is 9.69 Å². The molecule has 1 amide bonds. The molecule has 2 aliphatic rings. The Kier molecular flexibility index (Phi) is 4.07. The van der Waals surface area contributed by atoms with Crippen molar-refractivity contribution in [2.75, 3.05) is 19.6 Å².